The van der Waals surface area contributed by atoms with Crippen molar-refractivity contribution in [3.05, 3.63) is 58.5 Å². The lowest BCUT2D eigenvalue weighted by Crippen LogP contribution is -2.29. The molecule has 1 aliphatic rings. The van der Waals surface area contributed by atoms with Crippen LogP contribution in [0.4, 0.5) is 0 Å². The Kier molecular flexibility index (Phi) is 10.0. The number of carbonyl (C=O) groups excluding carboxylic acids is 1. The van der Waals surface area contributed by atoms with E-state index in [2.05, 4.69) is 11.3 Å². The standard InChI is InChI=1S/C27H34N2O5S2/c1-5-7-8-9-10-17-34-23-16-13-21(18-24(23)33-4)19-25-26(30)29(6-2)27(35-25)28-36(31,32)22-14-11-20(3)12-15-22/h11-16,18-19H,5-10,17H2,1-4H3/b25-19-,28-27?. The number of rotatable bonds is 12. The SMILES string of the molecule is CCCCCCCOc1ccc(/C=C2\SC(=NS(=O)(=O)c3ccc(C)cc3)N(CC)C2=O)cc1OC. The van der Waals surface area contributed by atoms with E-state index in [0.29, 0.717) is 29.6 Å². The summed E-state index contributed by atoms with van der Waals surface area (Å²) in [6, 6.07) is 12.0. The highest BCUT2D eigenvalue weighted by Gasteiger charge is 2.34. The van der Waals surface area contributed by atoms with Gasteiger partial charge in [-0.25, -0.2) is 0 Å². The van der Waals surface area contributed by atoms with Crippen LogP contribution in [0.25, 0.3) is 6.08 Å². The summed E-state index contributed by atoms with van der Waals surface area (Å²) >= 11 is 1.05. The highest BCUT2D eigenvalue weighted by Crippen LogP contribution is 2.35. The molecule has 0 spiro atoms. The number of hydrogen-bond acceptors (Lipinski definition) is 6. The molecular weight excluding hydrogens is 496 g/mol. The Morgan fingerprint density at radius 3 is 2.39 bits per heavy atom. The predicted molar refractivity (Wildman–Crippen MR) is 146 cm³/mol. The zero-order valence-electron chi connectivity index (χ0n) is 21.3. The van der Waals surface area contributed by atoms with Crippen molar-refractivity contribution in [1.82, 2.24) is 4.90 Å². The van der Waals surface area contributed by atoms with E-state index in [1.807, 2.05) is 25.1 Å². The zero-order chi connectivity index (χ0) is 26.1. The minimum absolute atomic E-state index is 0.0906. The zero-order valence-corrected chi connectivity index (χ0v) is 23.0. The van der Waals surface area contributed by atoms with Crippen LogP contribution in [0.3, 0.4) is 0 Å². The van der Waals surface area contributed by atoms with E-state index in [4.69, 9.17) is 9.47 Å². The lowest BCUT2D eigenvalue weighted by atomic mass is 10.1. The Morgan fingerprint density at radius 1 is 1.00 bits per heavy atom. The molecule has 194 valence electrons. The number of likely N-dealkylation sites (N-methyl/N-ethyl adjacent to an activating group) is 1. The summed E-state index contributed by atoms with van der Waals surface area (Å²) in [5.41, 5.74) is 1.70. The van der Waals surface area contributed by atoms with Crippen molar-refractivity contribution in [3.63, 3.8) is 0 Å². The van der Waals surface area contributed by atoms with E-state index in [-0.39, 0.29) is 16.0 Å². The highest BCUT2D eigenvalue weighted by atomic mass is 32.2. The molecule has 0 bridgehead atoms. The molecule has 0 aromatic heterocycles. The van der Waals surface area contributed by atoms with Crippen molar-refractivity contribution in [1.29, 1.82) is 0 Å². The third-order valence-corrected chi connectivity index (χ3v) is 8.12. The minimum atomic E-state index is -3.95. The van der Waals surface area contributed by atoms with Gasteiger partial charge in [-0.3, -0.25) is 9.69 Å². The Hall–Kier alpha value is -2.78. The first-order valence-corrected chi connectivity index (χ1v) is 14.5. The van der Waals surface area contributed by atoms with E-state index in [1.165, 1.54) is 36.3 Å². The van der Waals surface area contributed by atoms with Gasteiger partial charge in [0.25, 0.3) is 15.9 Å². The van der Waals surface area contributed by atoms with Crippen LogP contribution < -0.4 is 9.47 Å². The number of nitrogens with zero attached hydrogens (tertiary/aromatic N) is 2. The molecule has 0 atom stereocenters. The molecule has 1 fully saturated rings. The number of amidine groups is 1. The van der Waals surface area contributed by atoms with E-state index in [1.54, 1.807) is 32.2 Å². The quantitative estimate of drug-likeness (QED) is 0.246. The Labute approximate surface area is 218 Å². The molecule has 1 amide bonds. The number of ether oxygens (including phenoxy) is 2. The number of amides is 1. The second-order valence-electron chi connectivity index (χ2n) is 8.50. The fourth-order valence-corrected chi connectivity index (χ4v) is 5.90. The smallest absolute Gasteiger partial charge is 0.284 e. The van der Waals surface area contributed by atoms with Gasteiger partial charge in [0.1, 0.15) is 0 Å². The molecule has 0 saturated carbocycles. The normalized spacial score (nSPS) is 16.2. The van der Waals surface area contributed by atoms with Crippen LogP contribution in [-0.2, 0) is 14.8 Å². The molecule has 0 N–H and O–H groups in total. The maximum absolute atomic E-state index is 13.0. The summed E-state index contributed by atoms with van der Waals surface area (Å²) in [4.78, 5) is 14.8. The number of benzene rings is 2. The highest BCUT2D eigenvalue weighted by molar-refractivity contribution is 8.19. The molecule has 0 unspecified atom stereocenters. The molecule has 1 saturated heterocycles. The van der Waals surface area contributed by atoms with Crippen LogP contribution in [0.5, 0.6) is 11.5 Å². The van der Waals surface area contributed by atoms with Crippen LogP contribution >= 0.6 is 11.8 Å². The topological polar surface area (TPSA) is 85.3 Å². The molecule has 1 aliphatic heterocycles. The maximum Gasteiger partial charge on any atom is 0.284 e. The van der Waals surface area contributed by atoms with Gasteiger partial charge in [0.15, 0.2) is 16.7 Å². The molecular formula is C27H34N2O5S2. The van der Waals surface area contributed by atoms with Gasteiger partial charge in [-0.05, 0) is 67.9 Å². The second kappa shape index (κ2) is 13.0. The fourth-order valence-electron chi connectivity index (χ4n) is 3.65. The molecule has 9 heteroatoms. The Bertz CT molecular complexity index is 1220. The average Bonchev–Trinajstić information content (AvgIpc) is 3.14. The average molecular weight is 531 g/mol. The van der Waals surface area contributed by atoms with Crippen molar-refractivity contribution >= 4 is 38.9 Å². The van der Waals surface area contributed by atoms with Gasteiger partial charge >= 0.3 is 0 Å². The summed E-state index contributed by atoms with van der Waals surface area (Å²) in [5, 5.41) is 0.143. The Balaban J connectivity index is 1.77. The van der Waals surface area contributed by atoms with E-state index in [0.717, 1.165) is 35.7 Å². The summed E-state index contributed by atoms with van der Waals surface area (Å²) < 4.78 is 41.0. The summed E-state index contributed by atoms with van der Waals surface area (Å²) in [5.74, 6) is 0.949. The number of hydrogen-bond donors (Lipinski definition) is 0. The number of aryl methyl sites for hydroxylation is 1. The van der Waals surface area contributed by atoms with Gasteiger partial charge in [0, 0.05) is 6.54 Å². The number of carbonyl (C=O) groups is 1. The lowest BCUT2D eigenvalue weighted by Gasteiger charge is -2.12. The maximum atomic E-state index is 13.0. The lowest BCUT2D eigenvalue weighted by molar-refractivity contribution is -0.122. The molecule has 0 aliphatic carbocycles. The van der Waals surface area contributed by atoms with Crippen LogP contribution in [0.1, 0.15) is 57.1 Å². The van der Waals surface area contributed by atoms with Crippen molar-refractivity contribution in [2.75, 3.05) is 20.3 Å². The van der Waals surface area contributed by atoms with Crippen molar-refractivity contribution in [2.24, 2.45) is 4.40 Å². The molecule has 2 aromatic rings. The summed E-state index contributed by atoms with van der Waals surface area (Å²) in [7, 11) is -2.37. The third-order valence-electron chi connectivity index (χ3n) is 5.71. The number of unbranched alkanes of at least 4 members (excludes halogenated alkanes) is 4. The molecule has 2 aromatic carbocycles. The number of thioether (sulfide) groups is 1. The minimum Gasteiger partial charge on any atom is -0.493 e. The van der Waals surface area contributed by atoms with Gasteiger partial charge in [0.05, 0.1) is 23.5 Å². The second-order valence-corrected chi connectivity index (χ2v) is 11.1. The van der Waals surface area contributed by atoms with E-state index >= 15 is 0 Å². The van der Waals surface area contributed by atoms with Crippen LogP contribution in [0, 0.1) is 6.92 Å². The van der Waals surface area contributed by atoms with Gasteiger partial charge in [-0.1, -0.05) is 56.4 Å². The summed E-state index contributed by atoms with van der Waals surface area (Å²) in [6.07, 6.45) is 7.49. The first kappa shape index (κ1) is 27.8. The number of methoxy groups -OCH3 is 1. The predicted octanol–water partition coefficient (Wildman–Crippen LogP) is 6.03. The van der Waals surface area contributed by atoms with Crippen LogP contribution in [0.15, 0.2) is 56.7 Å². The fraction of sp³-hybridized carbons (Fsp3) is 0.407. The molecule has 7 nitrogen and oxygen atoms in total. The molecule has 1 heterocycles. The van der Waals surface area contributed by atoms with Crippen LogP contribution in [-0.4, -0.2) is 44.7 Å². The van der Waals surface area contributed by atoms with Gasteiger partial charge in [0.2, 0.25) is 0 Å². The van der Waals surface area contributed by atoms with E-state index < -0.39 is 10.0 Å². The molecule has 0 radical (unpaired) electrons. The largest absolute Gasteiger partial charge is 0.493 e. The Morgan fingerprint density at radius 2 is 1.72 bits per heavy atom. The summed E-state index contributed by atoms with van der Waals surface area (Å²) in [6.45, 7) is 6.78. The molecule has 3 rings (SSSR count). The van der Waals surface area contributed by atoms with Crippen LogP contribution in [0.2, 0.25) is 0 Å². The van der Waals surface area contributed by atoms with Gasteiger partial charge in [-0.2, -0.15) is 8.42 Å². The first-order valence-electron chi connectivity index (χ1n) is 12.2. The van der Waals surface area contributed by atoms with Gasteiger partial charge in [-0.15, -0.1) is 4.40 Å². The van der Waals surface area contributed by atoms with Crippen molar-refractivity contribution < 1.29 is 22.7 Å². The monoisotopic (exact) mass is 530 g/mol. The molecule has 36 heavy (non-hydrogen) atoms. The first-order chi connectivity index (χ1) is 17.3. The van der Waals surface area contributed by atoms with Gasteiger partial charge < -0.3 is 9.47 Å². The number of sulfonamides is 1. The third kappa shape index (κ3) is 7.13. The van der Waals surface area contributed by atoms with E-state index in [9.17, 15) is 13.2 Å². The van der Waals surface area contributed by atoms with Crippen molar-refractivity contribution in [3.8, 4) is 11.5 Å². The van der Waals surface area contributed by atoms with Crippen molar-refractivity contribution in [2.45, 2.75) is 57.8 Å².